The van der Waals surface area contributed by atoms with Crippen molar-refractivity contribution in [1.29, 1.82) is 0 Å². The lowest BCUT2D eigenvalue weighted by Gasteiger charge is -2.29. The molecule has 12 heteroatoms. The molecule has 11 nitrogen and oxygen atoms in total. The Balaban J connectivity index is 1.90. The number of hydrogen-bond donors (Lipinski definition) is 2. The van der Waals surface area contributed by atoms with Crippen molar-refractivity contribution in [3.05, 3.63) is 28.3 Å². The average Bonchev–Trinajstić information content (AvgIpc) is 2.72. The number of nitro benzene ring substituents is 1. The molecule has 1 fully saturated rings. The molecule has 0 radical (unpaired) electrons. The summed E-state index contributed by atoms with van der Waals surface area (Å²) in [7, 11) is -1.01. The molecule has 2 atom stereocenters. The number of nitrogens with zero attached hydrogens (tertiary/aromatic N) is 2. The maximum Gasteiger partial charge on any atom is 0.321 e. The van der Waals surface area contributed by atoms with Gasteiger partial charge in [-0.25, -0.2) is 8.42 Å². The fraction of sp³-hybridized carbons (Fsp3) is 0.579. The number of amides is 1. The average molecular weight is 457 g/mol. The summed E-state index contributed by atoms with van der Waals surface area (Å²) in [5.74, 6) is -1.03. The van der Waals surface area contributed by atoms with Gasteiger partial charge in [0.15, 0.2) is 6.61 Å². The minimum Gasteiger partial charge on any atom is -0.455 e. The zero-order chi connectivity index (χ0) is 23.2. The van der Waals surface area contributed by atoms with E-state index in [2.05, 4.69) is 12.2 Å². The second kappa shape index (κ2) is 10.5. The van der Waals surface area contributed by atoms with E-state index in [1.807, 2.05) is 4.72 Å². The Morgan fingerprint density at radius 1 is 1.26 bits per heavy atom. The van der Waals surface area contributed by atoms with E-state index in [1.165, 1.54) is 17.0 Å². The topological polar surface area (TPSA) is 148 Å². The summed E-state index contributed by atoms with van der Waals surface area (Å²) in [6.45, 7) is 0.839. The Morgan fingerprint density at radius 2 is 1.94 bits per heavy atom. The quantitative estimate of drug-likeness (QED) is 0.320. The number of carbonyl (C=O) groups excluding carboxylic acids is 2. The van der Waals surface area contributed by atoms with Crippen molar-refractivity contribution >= 4 is 33.3 Å². The van der Waals surface area contributed by atoms with Crippen molar-refractivity contribution < 1.29 is 27.7 Å². The fourth-order valence-electron chi connectivity index (χ4n) is 3.41. The van der Waals surface area contributed by atoms with E-state index in [4.69, 9.17) is 4.74 Å². The van der Waals surface area contributed by atoms with Gasteiger partial charge in [-0.3, -0.25) is 19.7 Å². The van der Waals surface area contributed by atoms with E-state index < -0.39 is 40.0 Å². The molecule has 0 aliphatic heterocycles. The maximum absolute atomic E-state index is 12.4. The highest BCUT2D eigenvalue weighted by molar-refractivity contribution is 7.89. The number of benzene rings is 1. The van der Waals surface area contributed by atoms with Crippen LogP contribution in [0.15, 0.2) is 23.1 Å². The number of nitro groups is 1. The molecule has 0 bridgehead atoms. The zero-order valence-corrected chi connectivity index (χ0v) is 18.6. The van der Waals surface area contributed by atoms with Gasteiger partial charge in [-0.05, 0) is 30.9 Å². The molecule has 0 heterocycles. The van der Waals surface area contributed by atoms with Gasteiger partial charge >= 0.3 is 5.97 Å². The van der Waals surface area contributed by atoms with Gasteiger partial charge in [-0.2, -0.15) is 4.72 Å². The first kappa shape index (κ1) is 24.5. The molecule has 0 saturated heterocycles. The van der Waals surface area contributed by atoms with Crippen LogP contribution in [0.2, 0.25) is 0 Å². The van der Waals surface area contributed by atoms with Gasteiger partial charge in [0.05, 0.1) is 9.82 Å². The van der Waals surface area contributed by atoms with E-state index in [0.29, 0.717) is 5.92 Å². The van der Waals surface area contributed by atoms with Crippen LogP contribution in [0.25, 0.3) is 0 Å². The largest absolute Gasteiger partial charge is 0.455 e. The molecule has 1 saturated carbocycles. The maximum atomic E-state index is 12.4. The Kier molecular flexibility index (Phi) is 8.34. The first-order chi connectivity index (χ1) is 14.5. The third kappa shape index (κ3) is 6.89. The van der Waals surface area contributed by atoms with Crippen LogP contribution in [0.3, 0.4) is 0 Å². The first-order valence-corrected chi connectivity index (χ1v) is 11.4. The predicted molar refractivity (Wildman–Crippen MR) is 113 cm³/mol. The van der Waals surface area contributed by atoms with E-state index in [1.54, 1.807) is 14.1 Å². The number of nitrogens with one attached hydrogen (secondary N) is 2. The van der Waals surface area contributed by atoms with Crippen LogP contribution in [0.5, 0.6) is 0 Å². The Bertz CT molecular complexity index is 933. The minimum atomic E-state index is -4.20. The lowest BCUT2D eigenvalue weighted by atomic mass is 9.86. The molecular weight excluding hydrogens is 428 g/mol. The highest BCUT2D eigenvalue weighted by Crippen LogP contribution is 2.29. The normalized spacial score (nSPS) is 18.8. The predicted octanol–water partition coefficient (Wildman–Crippen LogP) is 1.18. The summed E-state index contributed by atoms with van der Waals surface area (Å²) in [6.07, 6.45) is 4.06. The molecule has 2 N–H and O–H groups in total. The smallest absolute Gasteiger partial charge is 0.321 e. The van der Waals surface area contributed by atoms with Crippen LogP contribution in [-0.2, 0) is 24.3 Å². The molecule has 0 spiro atoms. The van der Waals surface area contributed by atoms with Crippen molar-refractivity contribution in [3.63, 3.8) is 0 Å². The molecule has 1 aromatic carbocycles. The first-order valence-electron chi connectivity index (χ1n) is 9.91. The second-order valence-electron chi connectivity index (χ2n) is 7.72. The fourth-order valence-corrected chi connectivity index (χ4v) is 4.40. The highest BCUT2D eigenvalue weighted by Gasteiger charge is 2.25. The van der Waals surface area contributed by atoms with Crippen molar-refractivity contribution in [3.8, 4) is 0 Å². The van der Waals surface area contributed by atoms with Gasteiger partial charge in [0.2, 0.25) is 10.0 Å². The Morgan fingerprint density at radius 3 is 2.55 bits per heavy atom. The van der Waals surface area contributed by atoms with Crippen LogP contribution >= 0.6 is 0 Å². The van der Waals surface area contributed by atoms with Crippen molar-refractivity contribution in [1.82, 2.24) is 10.0 Å². The minimum absolute atomic E-state index is 0.0411. The third-order valence-electron chi connectivity index (χ3n) is 5.16. The number of rotatable bonds is 9. The lowest BCUT2D eigenvalue weighted by molar-refractivity contribution is -0.384. The Labute approximate surface area is 181 Å². The van der Waals surface area contributed by atoms with E-state index >= 15 is 0 Å². The molecular formula is C19H28N4O7S. The van der Waals surface area contributed by atoms with Gasteiger partial charge in [-0.1, -0.05) is 19.8 Å². The van der Waals surface area contributed by atoms with Gasteiger partial charge in [-0.15, -0.1) is 0 Å². The summed E-state index contributed by atoms with van der Waals surface area (Å²) in [5, 5.41) is 14.1. The number of hydrogen-bond acceptors (Lipinski definition) is 8. The van der Waals surface area contributed by atoms with Gasteiger partial charge in [0.25, 0.3) is 11.6 Å². The van der Waals surface area contributed by atoms with Crippen molar-refractivity contribution in [2.45, 2.75) is 43.5 Å². The van der Waals surface area contributed by atoms with Crippen molar-refractivity contribution in [2.24, 2.45) is 5.92 Å². The van der Waals surface area contributed by atoms with E-state index in [-0.39, 0.29) is 22.3 Å². The van der Waals surface area contributed by atoms with Crippen LogP contribution in [0, 0.1) is 16.0 Å². The molecule has 172 valence electrons. The lowest BCUT2D eigenvalue weighted by Crippen LogP contribution is -2.43. The number of anilines is 1. The third-order valence-corrected chi connectivity index (χ3v) is 6.56. The Hall–Kier alpha value is -2.73. The second-order valence-corrected chi connectivity index (χ2v) is 9.49. The summed E-state index contributed by atoms with van der Waals surface area (Å²) in [6, 6.07) is 3.47. The number of carbonyl (C=O) groups is 2. The highest BCUT2D eigenvalue weighted by atomic mass is 32.2. The van der Waals surface area contributed by atoms with Crippen LogP contribution < -0.4 is 14.9 Å². The van der Waals surface area contributed by atoms with Gasteiger partial charge in [0, 0.05) is 26.2 Å². The molecule has 0 aromatic heterocycles. The zero-order valence-electron chi connectivity index (χ0n) is 17.8. The van der Waals surface area contributed by atoms with Gasteiger partial charge in [0.1, 0.15) is 12.2 Å². The van der Waals surface area contributed by atoms with Crippen LogP contribution in [-0.4, -0.2) is 58.5 Å². The van der Waals surface area contributed by atoms with Crippen LogP contribution in [0.4, 0.5) is 11.4 Å². The summed E-state index contributed by atoms with van der Waals surface area (Å²) < 4.78 is 31.7. The van der Waals surface area contributed by atoms with Gasteiger partial charge < -0.3 is 15.0 Å². The summed E-state index contributed by atoms with van der Waals surface area (Å²) in [5.41, 5.74) is -0.147. The molecule has 2 unspecified atom stereocenters. The molecule has 31 heavy (non-hydrogen) atoms. The van der Waals surface area contributed by atoms with E-state index in [0.717, 1.165) is 31.7 Å². The van der Waals surface area contributed by atoms with Crippen LogP contribution in [0.1, 0.15) is 32.6 Å². The molecule has 1 amide bonds. The monoisotopic (exact) mass is 456 g/mol. The summed E-state index contributed by atoms with van der Waals surface area (Å²) >= 11 is 0. The van der Waals surface area contributed by atoms with E-state index in [9.17, 15) is 28.1 Å². The number of ether oxygens (including phenoxy) is 1. The molecule has 1 aliphatic carbocycles. The molecule has 1 aliphatic rings. The molecule has 1 aromatic rings. The molecule has 2 rings (SSSR count). The number of sulfonamides is 1. The standard InChI is InChI=1S/C19H28N4O7S/c1-13-6-4-5-7-15(13)21-18(24)12-30-19(25)11-20-31(28,29)14-8-9-16(22(2)3)17(10-14)23(26)27/h8-10,13,15,20H,4-7,11-12H2,1-3H3,(H,21,24). The SMILES string of the molecule is CC1CCCCC1NC(=O)COC(=O)CNS(=O)(=O)c1ccc(N(C)C)c([N+](=O)[O-])c1. The van der Waals surface area contributed by atoms with Crippen molar-refractivity contribution in [2.75, 3.05) is 32.1 Å². The summed E-state index contributed by atoms with van der Waals surface area (Å²) in [4.78, 5) is 35.5. The number of esters is 1.